The summed E-state index contributed by atoms with van der Waals surface area (Å²) in [6.45, 7) is 6.56. The van der Waals surface area contributed by atoms with Crippen molar-refractivity contribution < 1.29 is 9.21 Å². The predicted molar refractivity (Wildman–Crippen MR) is 97.8 cm³/mol. The van der Waals surface area contributed by atoms with Crippen molar-refractivity contribution in [1.82, 2.24) is 9.88 Å². The fraction of sp³-hybridized carbons (Fsp3) is 0.238. The maximum Gasteiger partial charge on any atom is 0.255 e. The van der Waals surface area contributed by atoms with Crippen molar-refractivity contribution in [3.8, 4) is 0 Å². The lowest BCUT2D eigenvalue weighted by molar-refractivity contribution is -0.129. The van der Waals surface area contributed by atoms with Crippen molar-refractivity contribution in [3.63, 3.8) is 0 Å². The fourth-order valence-electron chi connectivity index (χ4n) is 3.38. The molecule has 126 valence electrons. The van der Waals surface area contributed by atoms with Gasteiger partial charge in [-0.25, -0.2) is 4.98 Å². The Balaban J connectivity index is 1.71. The minimum absolute atomic E-state index is 0.0240. The fourth-order valence-corrected chi connectivity index (χ4v) is 3.38. The number of carbonyl (C=O) groups is 1. The first kappa shape index (κ1) is 15.6. The van der Waals surface area contributed by atoms with Crippen LogP contribution >= 0.6 is 0 Å². The quantitative estimate of drug-likeness (QED) is 0.715. The van der Waals surface area contributed by atoms with Gasteiger partial charge in [0.15, 0.2) is 5.58 Å². The zero-order valence-electron chi connectivity index (χ0n) is 14.6. The number of amides is 1. The van der Waals surface area contributed by atoms with Gasteiger partial charge in [0.05, 0.1) is 0 Å². The summed E-state index contributed by atoms with van der Waals surface area (Å²) in [5, 5.41) is 0. The van der Waals surface area contributed by atoms with Gasteiger partial charge >= 0.3 is 0 Å². The molecule has 3 aromatic rings. The van der Waals surface area contributed by atoms with Gasteiger partial charge in [-0.05, 0) is 44.0 Å². The largest absolute Gasteiger partial charge is 0.438 e. The Morgan fingerprint density at radius 2 is 1.72 bits per heavy atom. The number of oxazole rings is 1. The maximum absolute atomic E-state index is 13.2. The van der Waals surface area contributed by atoms with Crippen LogP contribution in [0.3, 0.4) is 0 Å². The molecule has 0 unspecified atom stereocenters. The topological polar surface area (TPSA) is 46.3 Å². The van der Waals surface area contributed by atoms with E-state index in [2.05, 4.69) is 4.98 Å². The average Bonchev–Trinajstić information content (AvgIpc) is 3.17. The molecule has 1 aromatic heterocycles. The highest BCUT2D eigenvalue weighted by Crippen LogP contribution is 2.37. The first-order valence-electron chi connectivity index (χ1n) is 8.41. The summed E-state index contributed by atoms with van der Waals surface area (Å²) < 4.78 is 5.95. The minimum Gasteiger partial charge on any atom is -0.438 e. The number of hydrogen-bond acceptors (Lipinski definition) is 3. The normalized spacial score (nSPS) is 15.5. The van der Waals surface area contributed by atoms with Crippen LogP contribution in [-0.4, -0.2) is 22.3 Å². The first-order chi connectivity index (χ1) is 12.0. The highest BCUT2D eigenvalue weighted by molar-refractivity contribution is 6.22. The molecule has 2 heterocycles. The van der Waals surface area contributed by atoms with Crippen LogP contribution in [-0.2, 0) is 10.3 Å². The van der Waals surface area contributed by atoms with Gasteiger partial charge in [0.2, 0.25) is 5.89 Å². The first-order valence-corrected chi connectivity index (χ1v) is 8.41. The van der Waals surface area contributed by atoms with Crippen molar-refractivity contribution in [2.45, 2.75) is 26.3 Å². The van der Waals surface area contributed by atoms with Crippen LogP contribution in [0.15, 0.2) is 64.6 Å². The maximum atomic E-state index is 13.2. The van der Waals surface area contributed by atoms with E-state index in [-0.39, 0.29) is 5.91 Å². The van der Waals surface area contributed by atoms with Crippen molar-refractivity contribution >= 4 is 22.6 Å². The van der Waals surface area contributed by atoms with E-state index in [1.54, 1.807) is 0 Å². The average molecular weight is 332 g/mol. The molecule has 0 fully saturated rings. The summed E-state index contributed by atoms with van der Waals surface area (Å²) in [7, 11) is 0. The van der Waals surface area contributed by atoms with E-state index in [1.165, 1.54) is 0 Å². The van der Waals surface area contributed by atoms with E-state index in [0.29, 0.717) is 12.4 Å². The lowest BCUT2D eigenvalue weighted by Crippen LogP contribution is -2.43. The summed E-state index contributed by atoms with van der Waals surface area (Å²) in [6, 6.07) is 17.5. The Hall–Kier alpha value is -2.88. The molecule has 1 amide bonds. The number of nitrogens with zero attached hydrogens (tertiary/aromatic N) is 2. The number of fused-ring (bicyclic) bond motifs is 1. The van der Waals surface area contributed by atoms with Crippen LogP contribution in [0.25, 0.3) is 16.7 Å². The van der Waals surface area contributed by atoms with E-state index in [9.17, 15) is 4.79 Å². The van der Waals surface area contributed by atoms with Gasteiger partial charge in [0.25, 0.3) is 5.91 Å². The smallest absolute Gasteiger partial charge is 0.255 e. The molecule has 0 N–H and O–H groups in total. The lowest BCUT2D eigenvalue weighted by atomic mass is 10.0. The van der Waals surface area contributed by atoms with Gasteiger partial charge in [-0.2, -0.15) is 0 Å². The number of carbonyl (C=O) groups excluding carboxylic acids is 1. The Kier molecular flexibility index (Phi) is 3.49. The second-order valence-corrected chi connectivity index (χ2v) is 6.96. The van der Waals surface area contributed by atoms with Gasteiger partial charge in [0.1, 0.15) is 11.1 Å². The number of benzene rings is 2. The van der Waals surface area contributed by atoms with E-state index in [4.69, 9.17) is 4.42 Å². The number of hydrogen-bond donors (Lipinski definition) is 0. The molecule has 0 radical (unpaired) electrons. The molecule has 0 aliphatic carbocycles. The zero-order valence-corrected chi connectivity index (χ0v) is 14.6. The highest BCUT2D eigenvalue weighted by atomic mass is 16.4. The summed E-state index contributed by atoms with van der Waals surface area (Å²) in [5.41, 5.74) is 3.73. The summed E-state index contributed by atoms with van der Waals surface area (Å²) in [4.78, 5) is 19.6. The standard InChI is InChI=1S/C21H20N2O2/c1-14-13-23(19(24)18(14)15-9-5-4-6-10-15)21(2,3)20-22-16-11-7-8-12-17(16)25-20/h4-12H,13H2,1-3H3. The summed E-state index contributed by atoms with van der Waals surface area (Å²) >= 11 is 0. The predicted octanol–water partition coefficient (Wildman–Crippen LogP) is 4.38. The third-order valence-electron chi connectivity index (χ3n) is 4.84. The monoisotopic (exact) mass is 332 g/mol. The molecule has 0 bridgehead atoms. The Labute approximate surface area is 146 Å². The molecule has 4 heteroatoms. The molecule has 2 aromatic carbocycles. The molecule has 4 rings (SSSR count). The van der Waals surface area contributed by atoms with Gasteiger partial charge in [0, 0.05) is 12.1 Å². The number of rotatable bonds is 3. The third-order valence-corrected chi connectivity index (χ3v) is 4.84. The second kappa shape index (κ2) is 5.59. The Morgan fingerprint density at radius 1 is 1.04 bits per heavy atom. The van der Waals surface area contributed by atoms with Crippen molar-refractivity contribution in [3.05, 3.63) is 71.6 Å². The Morgan fingerprint density at radius 3 is 2.44 bits per heavy atom. The van der Waals surface area contributed by atoms with Crippen molar-refractivity contribution in [2.75, 3.05) is 6.54 Å². The lowest BCUT2D eigenvalue weighted by Gasteiger charge is -2.33. The molecular weight excluding hydrogens is 312 g/mol. The molecule has 25 heavy (non-hydrogen) atoms. The van der Waals surface area contributed by atoms with Gasteiger partial charge in [-0.1, -0.05) is 42.5 Å². The van der Waals surface area contributed by atoms with Crippen molar-refractivity contribution in [1.29, 1.82) is 0 Å². The molecule has 0 saturated carbocycles. The van der Waals surface area contributed by atoms with E-state index < -0.39 is 5.54 Å². The molecule has 1 aliphatic heterocycles. The van der Waals surface area contributed by atoms with Crippen LogP contribution in [0.1, 0.15) is 32.2 Å². The molecule has 4 nitrogen and oxygen atoms in total. The molecule has 0 saturated heterocycles. The van der Waals surface area contributed by atoms with Crippen molar-refractivity contribution in [2.24, 2.45) is 0 Å². The number of aromatic nitrogens is 1. The Bertz CT molecular complexity index is 950. The summed E-state index contributed by atoms with van der Waals surface area (Å²) in [5.74, 6) is 0.583. The summed E-state index contributed by atoms with van der Waals surface area (Å²) in [6.07, 6.45) is 0. The van der Waals surface area contributed by atoms with Crippen LogP contribution in [0.2, 0.25) is 0 Å². The van der Waals surface area contributed by atoms with Crippen LogP contribution < -0.4 is 0 Å². The third kappa shape index (κ3) is 2.45. The van der Waals surface area contributed by atoms with Crippen LogP contribution in [0.4, 0.5) is 0 Å². The van der Waals surface area contributed by atoms with Gasteiger partial charge < -0.3 is 9.32 Å². The van der Waals surface area contributed by atoms with E-state index in [1.807, 2.05) is 80.3 Å². The zero-order chi connectivity index (χ0) is 17.6. The SMILES string of the molecule is CC1=C(c2ccccc2)C(=O)N(C(C)(C)c2nc3ccccc3o2)C1. The molecule has 0 spiro atoms. The van der Waals surface area contributed by atoms with Gasteiger partial charge in [-0.15, -0.1) is 0 Å². The van der Waals surface area contributed by atoms with E-state index in [0.717, 1.165) is 27.8 Å². The molecular formula is C21H20N2O2. The minimum atomic E-state index is -0.631. The second-order valence-electron chi connectivity index (χ2n) is 6.96. The number of para-hydroxylation sites is 2. The molecule has 0 atom stereocenters. The van der Waals surface area contributed by atoms with E-state index >= 15 is 0 Å². The van der Waals surface area contributed by atoms with Crippen LogP contribution in [0, 0.1) is 0 Å². The highest BCUT2D eigenvalue weighted by Gasteiger charge is 2.42. The van der Waals surface area contributed by atoms with Gasteiger partial charge in [-0.3, -0.25) is 4.79 Å². The van der Waals surface area contributed by atoms with Crippen LogP contribution in [0.5, 0.6) is 0 Å². The molecule has 1 aliphatic rings.